The molecule has 1 saturated heterocycles. The van der Waals surface area contributed by atoms with E-state index in [1.807, 2.05) is 41.3 Å². The molecule has 1 fully saturated rings. The lowest BCUT2D eigenvalue weighted by Crippen LogP contribution is -2.56. The zero-order valence-electron chi connectivity index (χ0n) is 14.2. The van der Waals surface area contributed by atoms with Crippen molar-refractivity contribution in [2.45, 2.75) is 19.0 Å². The number of piperazine rings is 1. The minimum Gasteiger partial charge on any atom is -0.338 e. The molecule has 1 aliphatic heterocycles. The van der Waals surface area contributed by atoms with E-state index in [4.69, 9.17) is 5.73 Å². The molecule has 0 aliphatic carbocycles. The van der Waals surface area contributed by atoms with Crippen LogP contribution in [0.5, 0.6) is 0 Å². The second-order valence-corrected chi connectivity index (χ2v) is 6.62. The number of nitrogens with two attached hydrogens (primary N) is 1. The van der Waals surface area contributed by atoms with Gasteiger partial charge in [-0.2, -0.15) is 0 Å². The Hall–Kier alpha value is -2.17. The van der Waals surface area contributed by atoms with Crippen molar-refractivity contribution in [1.29, 1.82) is 0 Å². The molecule has 2 N–H and O–H groups in total. The van der Waals surface area contributed by atoms with Crippen LogP contribution in [0.15, 0.2) is 60.7 Å². The van der Waals surface area contributed by atoms with Crippen LogP contribution in [0.25, 0.3) is 0 Å². The van der Waals surface area contributed by atoms with Gasteiger partial charge >= 0.3 is 0 Å². The lowest BCUT2D eigenvalue weighted by atomic mass is 9.91. The first-order chi connectivity index (χ1) is 11.6. The standard InChI is InChI=1S/C20H25N3O/c1-20(21,18-10-6-3-7-11-18)19(24)23-14-12-22(13-15-23)16-17-8-4-2-5-9-17/h2-11H,12-16,21H2,1H3. The Labute approximate surface area is 143 Å². The molecular weight excluding hydrogens is 298 g/mol. The van der Waals surface area contributed by atoms with Crippen molar-refractivity contribution < 1.29 is 4.79 Å². The molecule has 0 aromatic heterocycles. The molecule has 2 aromatic rings. The van der Waals surface area contributed by atoms with Crippen LogP contribution in [0, 0.1) is 0 Å². The third-order valence-electron chi connectivity index (χ3n) is 4.73. The Balaban J connectivity index is 1.59. The van der Waals surface area contributed by atoms with Crippen molar-refractivity contribution in [3.05, 3.63) is 71.8 Å². The molecule has 0 saturated carbocycles. The topological polar surface area (TPSA) is 49.6 Å². The number of benzene rings is 2. The number of carbonyl (C=O) groups excluding carboxylic acids is 1. The lowest BCUT2D eigenvalue weighted by Gasteiger charge is -2.38. The highest BCUT2D eigenvalue weighted by atomic mass is 16.2. The molecule has 1 aliphatic rings. The van der Waals surface area contributed by atoms with Crippen LogP contribution in [0.3, 0.4) is 0 Å². The van der Waals surface area contributed by atoms with Crippen LogP contribution in [-0.4, -0.2) is 41.9 Å². The van der Waals surface area contributed by atoms with Crippen LogP contribution in [0.4, 0.5) is 0 Å². The van der Waals surface area contributed by atoms with Gasteiger partial charge in [-0.15, -0.1) is 0 Å². The first kappa shape index (κ1) is 16.7. The Bertz CT molecular complexity index is 662. The van der Waals surface area contributed by atoms with Crippen molar-refractivity contribution in [3.8, 4) is 0 Å². The van der Waals surface area contributed by atoms with E-state index in [0.29, 0.717) is 0 Å². The van der Waals surface area contributed by atoms with Gasteiger partial charge in [0.1, 0.15) is 5.54 Å². The maximum Gasteiger partial charge on any atom is 0.247 e. The van der Waals surface area contributed by atoms with Gasteiger partial charge in [0.2, 0.25) is 5.91 Å². The summed E-state index contributed by atoms with van der Waals surface area (Å²) >= 11 is 0. The predicted molar refractivity (Wildman–Crippen MR) is 96.3 cm³/mol. The van der Waals surface area contributed by atoms with Crippen LogP contribution in [0.1, 0.15) is 18.1 Å². The number of hydrogen-bond donors (Lipinski definition) is 1. The molecule has 1 amide bonds. The van der Waals surface area contributed by atoms with Crippen LogP contribution in [0.2, 0.25) is 0 Å². The van der Waals surface area contributed by atoms with Gasteiger partial charge in [0.15, 0.2) is 0 Å². The van der Waals surface area contributed by atoms with Gasteiger partial charge in [0.05, 0.1) is 0 Å². The molecule has 2 aromatic carbocycles. The summed E-state index contributed by atoms with van der Waals surface area (Å²) in [6.45, 7) is 5.95. The van der Waals surface area contributed by atoms with Gasteiger partial charge in [0, 0.05) is 32.7 Å². The summed E-state index contributed by atoms with van der Waals surface area (Å²) in [5.74, 6) is 0.00746. The number of hydrogen-bond acceptors (Lipinski definition) is 3. The van der Waals surface area contributed by atoms with E-state index in [1.54, 1.807) is 6.92 Å². The summed E-state index contributed by atoms with van der Waals surface area (Å²) in [6.07, 6.45) is 0. The summed E-state index contributed by atoms with van der Waals surface area (Å²) < 4.78 is 0. The smallest absolute Gasteiger partial charge is 0.247 e. The molecule has 1 atom stereocenters. The summed E-state index contributed by atoms with van der Waals surface area (Å²) in [5, 5.41) is 0. The SMILES string of the molecule is CC(N)(C(=O)N1CCN(Cc2ccccc2)CC1)c1ccccc1. The van der Waals surface area contributed by atoms with E-state index in [9.17, 15) is 4.79 Å². The van der Waals surface area contributed by atoms with Crippen molar-refractivity contribution in [2.75, 3.05) is 26.2 Å². The van der Waals surface area contributed by atoms with E-state index in [-0.39, 0.29) is 5.91 Å². The fourth-order valence-electron chi connectivity index (χ4n) is 3.19. The molecule has 1 unspecified atom stereocenters. The van der Waals surface area contributed by atoms with Crippen molar-refractivity contribution in [3.63, 3.8) is 0 Å². The van der Waals surface area contributed by atoms with E-state index in [1.165, 1.54) is 5.56 Å². The minimum absolute atomic E-state index is 0.00746. The number of rotatable bonds is 4. The quantitative estimate of drug-likeness (QED) is 0.938. The van der Waals surface area contributed by atoms with E-state index < -0.39 is 5.54 Å². The van der Waals surface area contributed by atoms with Crippen molar-refractivity contribution in [2.24, 2.45) is 5.73 Å². The molecule has 24 heavy (non-hydrogen) atoms. The average Bonchev–Trinajstić information content (AvgIpc) is 2.63. The van der Waals surface area contributed by atoms with E-state index in [0.717, 1.165) is 38.3 Å². The molecule has 3 rings (SSSR count). The second-order valence-electron chi connectivity index (χ2n) is 6.62. The van der Waals surface area contributed by atoms with E-state index >= 15 is 0 Å². The Morgan fingerprint density at radius 3 is 2.08 bits per heavy atom. The second kappa shape index (κ2) is 7.16. The van der Waals surface area contributed by atoms with Crippen LogP contribution >= 0.6 is 0 Å². The van der Waals surface area contributed by atoms with Gasteiger partial charge in [-0.1, -0.05) is 60.7 Å². The first-order valence-electron chi connectivity index (χ1n) is 8.47. The summed E-state index contributed by atoms with van der Waals surface area (Å²) in [5.41, 5.74) is 7.57. The lowest BCUT2D eigenvalue weighted by molar-refractivity contribution is -0.138. The number of nitrogens with zero attached hydrogens (tertiary/aromatic N) is 2. The molecular formula is C20H25N3O. The van der Waals surface area contributed by atoms with Gasteiger partial charge in [-0.3, -0.25) is 9.69 Å². The molecule has 4 nitrogen and oxygen atoms in total. The third-order valence-corrected chi connectivity index (χ3v) is 4.73. The Morgan fingerprint density at radius 1 is 0.958 bits per heavy atom. The molecule has 0 bridgehead atoms. The van der Waals surface area contributed by atoms with Gasteiger partial charge in [-0.05, 0) is 18.1 Å². The predicted octanol–water partition coefficient (Wildman–Crippen LogP) is 2.20. The zero-order chi connectivity index (χ0) is 17.0. The maximum absolute atomic E-state index is 12.9. The minimum atomic E-state index is -0.969. The van der Waals surface area contributed by atoms with Crippen molar-refractivity contribution in [1.82, 2.24) is 9.80 Å². The normalized spacial score (nSPS) is 18.2. The molecule has 126 valence electrons. The van der Waals surface area contributed by atoms with Crippen molar-refractivity contribution >= 4 is 5.91 Å². The third kappa shape index (κ3) is 3.66. The largest absolute Gasteiger partial charge is 0.338 e. The summed E-state index contributed by atoms with van der Waals surface area (Å²) in [4.78, 5) is 17.1. The summed E-state index contributed by atoms with van der Waals surface area (Å²) in [6, 6.07) is 20.1. The Kier molecular flexibility index (Phi) is 4.97. The Morgan fingerprint density at radius 2 is 1.50 bits per heavy atom. The number of amides is 1. The highest BCUT2D eigenvalue weighted by Crippen LogP contribution is 2.21. The van der Waals surface area contributed by atoms with Gasteiger partial charge in [-0.25, -0.2) is 0 Å². The highest BCUT2D eigenvalue weighted by Gasteiger charge is 2.35. The maximum atomic E-state index is 12.9. The van der Waals surface area contributed by atoms with Crippen LogP contribution < -0.4 is 5.73 Å². The van der Waals surface area contributed by atoms with Crippen LogP contribution in [-0.2, 0) is 16.9 Å². The number of carbonyl (C=O) groups is 1. The monoisotopic (exact) mass is 323 g/mol. The molecule has 1 heterocycles. The van der Waals surface area contributed by atoms with E-state index in [2.05, 4.69) is 29.2 Å². The zero-order valence-corrected chi connectivity index (χ0v) is 14.2. The fourth-order valence-corrected chi connectivity index (χ4v) is 3.19. The molecule has 4 heteroatoms. The van der Waals surface area contributed by atoms with Gasteiger partial charge < -0.3 is 10.6 Å². The highest BCUT2D eigenvalue weighted by molar-refractivity contribution is 5.87. The molecule has 0 spiro atoms. The average molecular weight is 323 g/mol. The van der Waals surface area contributed by atoms with Gasteiger partial charge in [0.25, 0.3) is 0 Å². The molecule has 0 radical (unpaired) electrons. The fraction of sp³-hybridized carbons (Fsp3) is 0.350. The summed E-state index contributed by atoms with van der Waals surface area (Å²) in [7, 11) is 0. The first-order valence-corrected chi connectivity index (χ1v) is 8.47.